The Morgan fingerprint density at radius 1 is 1.00 bits per heavy atom. The third-order valence-corrected chi connectivity index (χ3v) is 4.45. The van der Waals surface area contributed by atoms with Crippen LogP contribution in [0.1, 0.15) is 16.1 Å². The zero-order valence-electron chi connectivity index (χ0n) is 16.3. The minimum absolute atomic E-state index is 0.169. The van der Waals surface area contributed by atoms with Gasteiger partial charge in [-0.2, -0.15) is 5.10 Å². The zero-order valence-corrected chi connectivity index (χ0v) is 16.3. The van der Waals surface area contributed by atoms with Gasteiger partial charge in [0.1, 0.15) is 11.4 Å². The summed E-state index contributed by atoms with van der Waals surface area (Å²) in [4.78, 5) is 16.5. The van der Waals surface area contributed by atoms with Gasteiger partial charge in [0.25, 0.3) is 5.91 Å². The van der Waals surface area contributed by atoms with E-state index in [0.29, 0.717) is 11.4 Å². The second-order valence-corrected chi connectivity index (χ2v) is 6.60. The van der Waals surface area contributed by atoms with Crippen molar-refractivity contribution in [3.05, 3.63) is 66.0 Å². The van der Waals surface area contributed by atoms with Crippen LogP contribution in [0.3, 0.4) is 0 Å². The second kappa shape index (κ2) is 7.53. The lowest BCUT2D eigenvalue weighted by molar-refractivity contribution is 0.0988. The van der Waals surface area contributed by atoms with Crippen LogP contribution in [0.25, 0.3) is 5.69 Å². The van der Waals surface area contributed by atoms with Gasteiger partial charge in [0.15, 0.2) is 5.69 Å². The number of hydrogen-bond donors (Lipinski definition) is 0. The highest BCUT2D eigenvalue weighted by atomic mass is 16.5. The predicted molar refractivity (Wildman–Crippen MR) is 108 cm³/mol. The number of hydrogen-bond acceptors (Lipinski definition) is 4. The van der Waals surface area contributed by atoms with Gasteiger partial charge in [-0.15, -0.1) is 0 Å². The van der Waals surface area contributed by atoms with Gasteiger partial charge >= 0.3 is 0 Å². The largest absolute Gasteiger partial charge is 0.494 e. The van der Waals surface area contributed by atoms with Crippen molar-refractivity contribution in [1.29, 1.82) is 0 Å². The molecule has 6 nitrogen and oxygen atoms in total. The van der Waals surface area contributed by atoms with E-state index in [2.05, 4.69) is 5.10 Å². The van der Waals surface area contributed by atoms with Crippen LogP contribution in [0.2, 0.25) is 0 Å². The third-order valence-electron chi connectivity index (χ3n) is 4.45. The van der Waals surface area contributed by atoms with Crippen molar-refractivity contribution in [1.82, 2.24) is 9.78 Å². The van der Waals surface area contributed by atoms with E-state index in [1.807, 2.05) is 68.4 Å². The summed E-state index contributed by atoms with van der Waals surface area (Å²) < 4.78 is 7.08. The molecule has 0 bridgehead atoms. The molecule has 0 aliphatic rings. The minimum Gasteiger partial charge on any atom is -0.494 e. The van der Waals surface area contributed by atoms with Gasteiger partial charge in [-0.25, -0.2) is 4.68 Å². The molecule has 3 rings (SSSR count). The molecule has 0 radical (unpaired) electrons. The summed E-state index contributed by atoms with van der Waals surface area (Å²) in [5.74, 6) is 0.535. The number of rotatable bonds is 5. The van der Waals surface area contributed by atoms with E-state index in [1.54, 1.807) is 36.0 Å². The van der Waals surface area contributed by atoms with Gasteiger partial charge in [0, 0.05) is 38.7 Å². The lowest BCUT2D eigenvalue weighted by atomic mass is 10.2. The summed E-state index contributed by atoms with van der Waals surface area (Å²) in [5.41, 5.74) is 4.16. The molecule has 3 aromatic rings. The van der Waals surface area contributed by atoms with Crippen molar-refractivity contribution >= 4 is 17.3 Å². The van der Waals surface area contributed by atoms with E-state index in [9.17, 15) is 4.79 Å². The number of anilines is 2. The summed E-state index contributed by atoms with van der Waals surface area (Å²) in [7, 11) is 7.33. The van der Waals surface area contributed by atoms with E-state index in [4.69, 9.17) is 4.74 Å². The molecule has 0 N–H and O–H groups in total. The van der Waals surface area contributed by atoms with E-state index < -0.39 is 0 Å². The highest BCUT2D eigenvalue weighted by molar-refractivity contribution is 6.04. The molecule has 6 heteroatoms. The number of benzene rings is 2. The Kier molecular flexibility index (Phi) is 5.16. The highest BCUT2D eigenvalue weighted by Gasteiger charge is 2.18. The van der Waals surface area contributed by atoms with Crippen LogP contribution in [0, 0.1) is 6.92 Å². The molecule has 2 aromatic carbocycles. The van der Waals surface area contributed by atoms with E-state index in [1.165, 1.54) is 0 Å². The van der Waals surface area contributed by atoms with Gasteiger partial charge in [0.2, 0.25) is 0 Å². The van der Waals surface area contributed by atoms with Gasteiger partial charge in [-0.05, 0) is 55.0 Å². The standard InChI is InChI=1S/C21H24N4O2/c1-15-6-11-20(27-5)19(14-15)25-13-12-18(22-25)21(26)24(4)17-9-7-16(8-10-17)23(2)3/h6-14H,1-5H3. The fourth-order valence-electron chi connectivity index (χ4n) is 2.81. The van der Waals surface area contributed by atoms with E-state index in [-0.39, 0.29) is 5.91 Å². The minimum atomic E-state index is -0.169. The van der Waals surface area contributed by atoms with Crippen molar-refractivity contribution < 1.29 is 9.53 Å². The first-order valence-corrected chi connectivity index (χ1v) is 8.67. The normalized spacial score (nSPS) is 10.6. The number of amides is 1. The zero-order chi connectivity index (χ0) is 19.6. The molecule has 0 aliphatic carbocycles. The van der Waals surface area contributed by atoms with Crippen LogP contribution in [-0.4, -0.2) is 43.9 Å². The molecule has 140 valence electrons. The molecular formula is C21H24N4O2. The van der Waals surface area contributed by atoms with Crippen molar-refractivity contribution in [3.63, 3.8) is 0 Å². The average molecular weight is 364 g/mol. The topological polar surface area (TPSA) is 50.6 Å². The van der Waals surface area contributed by atoms with E-state index >= 15 is 0 Å². The van der Waals surface area contributed by atoms with Crippen LogP contribution < -0.4 is 14.5 Å². The Morgan fingerprint density at radius 3 is 2.30 bits per heavy atom. The number of carbonyl (C=O) groups excluding carboxylic acids is 1. The molecule has 0 fully saturated rings. The first kappa shape index (κ1) is 18.5. The summed E-state index contributed by atoms with van der Waals surface area (Å²) in [5, 5.41) is 4.46. The maximum absolute atomic E-state index is 12.8. The molecule has 0 spiro atoms. The second-order valence-electron chi connectivity index (χ2n) is 6.60. The average Bonchev–Trinajstić information content (AvgIpc) is 3.17. The summed E-state index contributed by atoms with van der Waals surface area (Å²) in [6.07, 6.45) is 1.77. The van der Waals surface area contributed by atoms with E-state index in [0.717, 1.165) is 22.6 Å². The molecule has 0 saturated carbocycles. The first-order valence-electron chi connectivity index (χ1n) is 8.67. The van der Waals surface area contributed by atoms with Crippen LogP contribution in [0.15, 0.2) is 54.7 Å². The Labute approximate surface area is 159 Å². The number of nitrogens with zero attached hydrogens (tertiary/aromatic N) is 4. The smallest absolute Gasteiger partial charge is 0.278 e. The molecule has 1 amide bonds. The Bertz CT molecular complexity index is 945. The maximum Gasteiger partial charge on any atom is 0.278 e. The molecule has 0 unspecified atom stereocenters. The molecule has 0 atom stereocenters. The van der Waals surface area contributed by atoms with Crippen LogP contribution in [0.5, 0.6) is 5.75 Å². The first-order chi connectivity index (χ1) is 12.9. The van der Waals surface area contributed by atoms with Crippen LogP contribution in [0.4, 0.5) is 11.4 Å². The maximum atomic E-state index is 12.8. The molecule has 27 heavy (non-hydrogen) atoms. The lowest BCUT2D eigenvalue weighted by Gasteiger charge is -2.18. The number of aromatic nitrogens is 2. The fourth-order valence-corrected chi connectivity index (χ4v) is 2.81. The highest BCUT2D eigenvalue weighted by Crippen LogP contribution is 2.24. The summed E-state index contributed by atoms with van der Waals surface area (Å²) in [6.45, 7) is 2.00. The number of aryl methyl sites for hydroxylation is 1. The summed E-state index contributed by atoms with van der Waals surface area (Å²) >= 11 is 0. The Morgan fingerprint density at radius 2 is 1.67 bits per heavy atom. The Balaban J connectivity index is 1.85. The predicted octanol–water partition coefficient (Wildman–Crippen LogP) is 3.53. The van der Waals surface area contributed by atoms with Crippen LogP contribution >= 0.6 is 0 Å². The van der Waals surface area contributed by atoms with Gasteiger partial charge in [-0.3, -0.25) is 4.79 Å². The fraction of sp³-hybridized carbons (Fsp3) is 0.238. The SMILES string of the molecule is COc1ccc(C)cc1-n1ccc(C(=O)N(C)c2ccc(N(C)C)cc2)n1. The molecule has 0 saturated heterocycles. The summed E-state index contributed by atoms with van der Waals surface area (Å²) in [6, 6.07) is 15.4. The molecule has 0 aliphatic heterocycles. The van der Waals surface area contributed by atoms with Crippen molar-refractivity contribution in [3.8, 4) is 11.4 Å². The third kappa shape index (κ3) is 3.79. The van der Waals surface area contributed by atoms with Crippen molar-refractivity contribution in [2.75, 3.05) is 38.1 Å². The van der Waals surface area contributed by atoms with Crippen LogP contribution in [-0.2, 0) is 0 Å². The number of carbonyl (C=O) groups is 1. The quantitative estimate of drug-likeness (QED) is 0.695. The molecule has 1 aromatic heterocycles. The van der Waals surface area contributed by atoms with Crippen molar-refractivity contribution in [2.45, 2.75) is 6.92 Å². The lowest BCUT2D eigenvalue weighted by Crippen LogP contribution is -2.26. The monoisotopic (exact) mass is 364 g/mol. The Hall–Kier alpha value is -3.28. The molecular weight excluding hydrogens is 340 g/mol. The van der Waals surface area contributed by atoms with Gasteiger partial charge < -0.3 is 14.5 Å². The van der Waals surface area contributed by atoms with Crippen molar-refractivity contribution in [2.24, 2.45) is 0 Å². The van der Waals surface area contributed by atoms with Gasteiger partial charge in [-0.1, -0.05) is 6.07 Å². The number of ether oxygens (including phenoxy) is 1. The molecule has 1 heterocycles. The number of methoxy groups -OCH3 is 1. The van der Waals surface area contributed by atoms with Gasteiger partial charge in [0.05, 0.1) is 7.11 Å².